The molecule has 2 aromatic heterocycles. The maximum absolute atomic E-state index is 17.0. The van der Waals surface area contributed by atoms with Crippen molar-refractivity contribution in [2.24, 2.45) is 0 Å². The van der Waals surface area contributed by atoms with Crippen molar-refractivity contribution in [2.45, 2.75) is 43.4 Å². The Balaban J connectivity index is 1.48. The van der Waals surface area contributed by atoms with E-state index in [4.69, 9.17) is 26.8 Å². The summed E-state index contributed by atoms with van der Waals surface area (Å²) in [5.41, 5.74) is 4.41. The SMILES string of the molecule is C=C(F)C1COc2c(Cl)c(-c3ccc(F)c4sc(N)c(C#N)c34)c(F)c3nc(OC[C@@]45CCCN4C[C@H](F)C5)nc(c23)N1CC(F)F. The van der Waals surface area contributed by atoms with Crippen molar-refractivity contribution in [1.82, 2.24) is 14.9 Å². The summed E-state index contributed by atoms with van der Waals surface area (Å²) < 4.78 is 101. The van der Waals surface area contributed by atoms with Gasteiger partial charge in [-0.05, 0) is 31.0 Å². The Labute approximate surface area is 272 Å². The molecular formula is C31H25ClF6N6O2S. The third-order valence-electron chi connectivity index (χ3n) is 9.10. The van der Waals surface area contributed by atoms with Crippen LogP contribution in [-0.4, -0.2) is 71.9 Å². The third-order valence-corrected chi connectivity index (χ3v) is 10.5. The summed E-state index contributed by atoms with van der Waals surface area (Å²) in [6.07, 6.45) is -2.42. The van der Waals surface area contributed by atoms with Gasteiger partial charge in [-0.2, -0.15) is 15.2 Å². The zero-order valence-corrected chi connectivity index (χ0v) is 26.0. The molecule has 3 atom stereocenters. The number of halogens is 7. The van der Waals surface area contributed by atoms with E-state index >= 15 is 4.39 Å². The minimum Gasteiger partial charge on any atom is -0.489 e. The monoisotopic (exact) mass is 694 g/mol. The summed E-state index contributed by atoms with van der Waals surface area (Å²) in [4.78, 5) is 11.5. The van der Waals surface area contributed by atoms with Crippen LogP contribution in [0.25, 0.3) is 32.1 Å². The lowest BCUT2D eigenvalue weighted by atomic mass is 9.95. The van der Waals surface area contributed by atoms with E-state index in [-0.39, 0.29) is 73.3 Å². The minimum absolute atomic E-state index is 0.00139. The lowest BCUT2D eigenvalue weighted by molar-refractivity contribution is 0.107. The van der Waals surface area contributed by atoms with Gasteiger partial charge in [-0.1, -0.05) is 24.2 Å². The number of nitriles is 1. The number of aromatic nitrogens is 2. The Morgan fingerprint density at radius 1 is 1.30 bits per heavy atom. The average molecular weight is 695 g/mol. The van der Waals surface area contributed by atoms with Crippen LogP contribution in [0.3, 0.4) is 0 Å². The van der Waals surface area contributed by atoms with Gasteiger partial charge in [-0.25, -0.2) is 26.3 Å². The van der Waals surface area contributed by atoms with Crippen LogP contribution in [-0.2, 0) is 0 Å². The largest absolute Gasteiger partial charge is 0.489 e. The number of nitrogens with two attached hydrogens (primary N) is 1. The van der Waals surface area contributed by atoms with Crippen molar-refractivity contribution in [3.8, 4) is 29.0 Å². The molecule has 7 rings (SSSR count). The van der Waals surface area contributed by atoms with E-state index < -0.39 is 66.3 Å². The van der Waals surface area contributed by atoms with E-state index in [1.54, 1.807) is 0 Å². The topological polar surface area (TPSA) is 101 Å². The number of benzene rings is 2. The Bertz CT molecular complexity index is 2010. The standard InChI is InChI=1S/C31H25ClF6N6O2S/c1-13(33)18-11-45-26-22-25(24(38)21(23(26)32)15-3-4-17(35)27-20(15)16(8-39)28(40)47-27)41-30(42-29(22)44(18)10-19(36)37)46-12-31-5-2-6-43(31)9-14(34)7-31/h3-4,14,18-19H,1-2,5-7,9-12,40H2/t14-,18?,31+/m1/s1. The Hall–Kier alpha value is -4.00. The molecule has 5 heterocycles. The summed E-state index contributed by atoms with van der Waals surface area (Å²) in [5.74, 6) is -3.42. The molecule has 0 spiro atoms. The van der Waals surface area contributed by atoms with Gasteiger partial charge in [0.1, 0.15) is 59.5 Å². The summed E-state index contributed by atoms with van der Waals surface area (Å²) in [6.45, 7) is 2.51. The highest BCUT2D eigenvalue weighted by Crippen LogP contribution is 2.51. The number of hydrogen-bond donors (Lipinski definition) is 1. The highest BCUT2D eigenvalue weighted by Gasteiger charge is 2.49. The van der Waals surface area contributed by atoms with Crippen LogP contribution in [0.15, 0.2) is 24.5 Å². The second kappa shape index (κ2) is 11.6. The molecule has 2 N–H and O–H groups in total. The zero-order chi connectivity index (χ0) is 33.4. The first kappa shape index (κ1) is 31.6. The van der Waals surface area contributed by atoms with Gasteiger partial charge in [0.05, 0.1) is 32.8 Å². The highest BCUT2D eigenvalue weighted by atomic mass is 35.5. The number of anilines is 2. The zero-order valence-electron chi connectivity index (χ0n) is 24.4. The molecule has 47 heavy (non-hydrogen) atoms. The van der Waals surface area contributed by atoms with Gasteiger partial charge in [-0.3, -0.25) is 4.90 Å². The molecule has 0 saturated carbocycles. The number of nitrogen functional groups attached to an aromatic ring is 1. The van der Waals surface area contributed by atoms with Gasteiger partial charge in [0.25, 0.3) is 6.43 Å². The predicted molar refractivity (Wildman–Crippen MR) is 166 cm³/mol. The summed E-state index contributed by atoms with van der Waals surface area (Å²) in [7, 11) is 0. The van der Waals surface area contributed by atoms with Gasteiger partial charge in [0.15, 0.2) is 11.6 Å². The first-order chi connectivity index (χ1) is 22.4. The second-order valence-corrected chi connectivity index (χ2v) is 13.2. The molecule has 0 bridgehead atoms. The van der Waals surface area contributed by atoms with E-state index in [1.807, 2.05) is 11.0 Å². The lowest BCUT2D eigenvalue weighted by Gasteiger charge is -2.31. The quantitative estimate of drug-likeness (QED) is 0.203. The molecule has 2 fully saturated rings. The van der Waals surface area contributed by atoms with E-state index in [1.165, 1.54) is 6.07 Å². The second-order valence-electron chi connectivity index (χ2n) is 11.8. The fraction of sp³-hybridized carbons (Fsp3) is 0.387. The molecule has 4 aromatic rings. The molecular weight excluding hydrogens is 670 g/mol. The van der Waals surface area contributed by atoms with Crippen LogP contribution in [0, 0.1) is 23.0 Å². The fourth-order valence-corrected chi connectivity index (χ4v) is 8.34. The number of ether oxygens (including phenoxy) is 2. The third kappa shape index (κ3) is 4.99. The van der Waals surface area contributed by atoms with Crippen molar-refractivity contribution in [3.05, 3.63) is 46.8 Å². The van der Waals surface area contributed by atoms with Gasteiger partial charge >= 0.3 is 6.01 Å². The molecule has 2 aromatic carbocycles. The number of rotatable bonds is 7. The Kier molecular flexibility index (Phi) is 7.80. The molecule has 2 saturated heterocycles. The van der Waals surface area contributed by atoms with Crippen molar-refractivity contribution in [2.75, 3.05) is 43.5 Å². The first-order valence-electron chi connectivity index (χ1n) is 14.6. The van der Waals surface area contributed by atoms with Crippen LogP contribution >= 0.6 is 22.9 Å². The van der Waals surface area contributed by atoms with Crippen LogP contribution in [0.2, 0.25) is 5.02 Å². The predicted octanol–water partition coefficient (Wildman–Crippen LogP) is 7.17. The number of alkyl halides is 3. The number of hydrogen-bond acceptors (Lipinski definition) is 9. The summed E-state index contributed by atoms with van der Waals surface area (Å²) in [6, 6.07) is 2.29. The Morgan fingerprint density at radius 3 is 2.81 bits per heavy atom. The molecule has 0 radical (unpaired) electrons. The van der Waals surface area contributed by atoms with Crippen molar-refractivity contribution < 1.29 is 35.8 Å². The first-order valence-corrected chi connectivity index (χ1v) is 15.8. The van der Waals surface area contributed by atoms with E-state index in [0.29, 0.717) is 13.0 Å². The minimum atomic E-state index is -2.99. The molecule has 246 valence electrons. The van der Waals surface area contributed by atoms with Crippen LogP contribution in [0.1, 0.15) is 24.8 Å². The summed E-state index contributed by atoms with van der Waals surface area (Å²) >= 11 is 7.61. The van der Waals surface area contributed by atoms with Crippen LogP contribution in [0.4, 0.5) is 37.2 Å². The van der Waals surface area contributed by atoms with E-state index in [0.717, 1.165) is 28.7 Å². The van der Waals surface area contributed by atoms with Crippen molar-refractivity contribution in [3.63, 3.8) is 0 Å². The average Bonchev–Trinajstić information content (AvgIpc) is 3.63. The maximum atomic E-state index is 17.0. The lowest BCUT2D eigenvalue weighted by Crippen LogP contribution is -2.44. The van der Waals surface area contributed by atoms with Crippen LogP contribution in [0.5, 0.6) is 11.8 Å². The summed E-state index contributed by atoms with van der Waals surface area (Å²) in [5, 5.41) is 9.22. The molecule has 0 aliphatic carbocycles. The molecule has 0 amide bonds. The maximum Gasteiger partial charge on any atom is 0.319 e. The number of fused-ring (bicyclic) bond motifs is 2. The fourth-order valence-electron chi connectivity index (χ4n) is 7.06. The molecule has 1 unspecified atom stereocenters. The van der Waals surface area contributed by atoms with Gasteiger partial charge in [-0.15, -0.1) is 11.3 Å². The van der Waals surface area contributed by atoms with Crippen molar-refractivity contribution >= 4 is 54.7 Å². The normalized spacial score (nSPS) is 22.5. The molecule has 3 aliphatic heterocycles. The van der Waals surface area contributed by atoms with E-state index in [2.05, 4.69) is 16.5 Å². The Morgan fingerprint density at radius 2 is 2.09 bits per heavy atom. The number of nitrogens with zero attached hydrogens (tertiary/aromatic N) is 5. The smallest absolute Gasteiger partial charge is 0.319 e. The van der Waals surface area contributed by atoms with Gasteiger partial charge in [0.2, 0.25) is 0 Å². The molecule has 3 aliphatic rings. The van der Waals surface area contributed by atoms with Gasteiger partial charge < -0.3 is 20.1 Å². The number of thiophene rings is 1. The van der Waals surface area contributed by atoms with Crippen LogP contribution < -0.4 is 20.1 Å². The molecule has 8 nitrogen and oxygen atoms in total. The van der Waals surface area contributed by atoms with Gasteiger partial charge in [0, 0.05) is 23.9 Å². The van der Waals surface area contributed by atoms with Crippen molar-refractivity contribution in [1.29, 1.82) is 5.26 Å². The van der Waals surface area contributed by atoms with E-state index in [9.17, 15) is 27.2 Å². The highest BCUT2D eigenvalue weighted by molar-refractivity contribution is 7.23. The molecule has 16 heteroatoms.